The normalized spacial score (nSPS) is 20.0. The van der Waals surface area contributed by atoms with Gasteiger partial charge in [-0.2, -0.15) is 0 Å². The molecule has 0 aliphatic heterocycles. The standard InChI is InChI=1S/C16H23N3O2/c1-10(2)14(15(17)19-21)18-16(20)13-9-5-7-11-6-3-4-8-12(11)13/h3-4,6,8,10,13-14,21H,5,7,9H2,1-2H3,(H2,17,19)(H,18,20). The molecule has 0 bridgehead atoms. The number of carbonyl (C=O) groups excluding carboxylic acids is 1. The minimum absolute atomic E-state index is 0.0439. The highest BCUT2D eigenvalue weighted by molar-refractivity contribution is 5.92. The number of nitrogens with zero attached hydrogens (tertiary/aromatic N) is 1. The van der Waals surface area contributed by atoms with Crippen LogP contribution in [0.4, 0.5) is 0 Å². The number of carbonyl (C=O) groups is 1. The Bertz CT molecular complexity index is 540. The van der Waals surface area contributed by atoms with Gasteiger partial charge in [0.05, 0.1) is 12.0 Å². The van der Waals surface area contributed by atoms with Crippen LogP contribution in [0.5, 0.6) is 0 Å². The molecule has 2 unspecified atom stereocenters. The van der Waals surface area contributed by atoms with Crippen LogP contribution in [0, 0.1) is 5.92 Å². The molecular weight excluding hydrogens is 266 g/mol. The summed E-state index contributed by atoms with van der Waals surface area (Å²) in [5.41, 5.74) is 8.02. The zero-order valence-electron chi connectivity index (χ0n) is 12.5. The summed E-state index contributed by atoms with van der Waals surface area (Å²) in [6.45, 7) is 3.86. The van der Waals surface area contributed by atoms with Crippen molar-refractivity contribution in [1.82, 2.24) is 5.32 Å². The number of benzene rings is 1. The largest absolute Gasteiger partial charge is 0.409 e. The van der Waals surface area contributed by atoms with Crippen LogP contribution in [0.15, 0.2) is 29.4 Å². The monoisotopic (exact) mass is 289 g/mol. The summed E-state index contributed by atoms with van der Waals surface area (Å²) < 4.78 is 0. The van der Waals surface area contributed by atoms with Crippen molar-refractivity contribution in [2.45, 2.75) is 45.1 Å². The molecule has 0 heterocycles. The number of rotatable bonds is 4. The van der Waals surface area contributed by atoms with Crippen molar-refractivity contribution in [3.63, 3.8) is 0 Å². The third-order valence-electron chi connectivity index (χ3n) is 4.08. The zero-order valence-corrected chi connectivity index (χ0v) is 12.5. The van der Waals surface area contributed by atoms with E-state index in [0.29, 0.717) is 0 Å². The van der Waals surface area contributed by atoms with Crippen LogP contribution in [-0.2, 0) is 11.2 Å². The van der Waals surface area contributed by atoms with Crippen LogP contribution in [0.3, 0.4) is 0 Å². The molecule has 0 saturated heterocycles. The first-order valence-electron chi connectivity index (χ1n) is 7.40. The first kappa shape index (κ1) is 15.4. The predicted molar refractivity (Wildman–Crippen MR) is 82.3 cm³/mol. The Morgan fingerprint density at radius 3 is 2.81 bits per heavy atom. The Kier molecular flexibility index (Phi) is 4.83. The van der Waals surface area contributed by atoms with Crippen LogP contribution in [0.2, 0.25) is 0 Å². The fourth-order valence-corrected chi connectivity index (χ4v) is 2.92. The number of amides is 1. The van der Waals surface area contributed by atoms with E-state index in [2.05, 4.69) is 16.5 Å². The molecule has 114 valence electrons. The highest BCUT2D eigenvalue weighted by Gasteiger charge is 2.29. The molecule has 0 spiro atoms. The molecule has 1 aliphatic carbocycles. The lowest BCUT2D eigenvalue weighted by molar-refractivity contribution is -0.123. The predicted octanol–water partition coefficient (Wildman–Crippen LogP) is 1.99. The Hall–Kier alpha value is -2.04. The maximum Gasteiger partial charge on any atom is 0.228 e. The lowest BCUT2D eigenvalue weighted by atomic mass is 9.82. The van der Waals surface area contributed by atoms with Crippen molar-refractivity contribution in [2.24, 2.45) is 16.8 Å². The molecule has 2 rings (SSSR count). The Labute approximate surface area is 125 Å². The van der Waals surface area contributed by atoms with Crippen molar-refractivity contribution in [3.05, 3.63) is 35.4 Å². The fraction of sp³-hybridized carbons (Fsp3) is 0.500. The van der Waals surface area contributed by atoms with E-state index < -0.39 is 6.04 Å². The molecule has 5 nitrogen and oxygen atoms in total. The van der Waals surface area contributed by atoms with E-state index in [1.165, 1.54) is 5.56 Å². The molecule has 0 radical (unpaired) electrons. The zero-order chi connectivity index (χ0) is 15.4. The smallest absolute Gasteiger partial charge is 0.228 e. The van der Waals surface area contributed by atoms with Gasteiger partial charge in [0.1, 0.15) is 0 Å². The van der Waals surface area contributed by atoms with Gasteiger partial charge in [-0.25, -0.2) is 0 Å². The number of aryl methyl sites for hydroxylation is 1. The average molecular weight is 289 g/mol. The van der Waals surface area contributed by atoms with E-state index in [1.54, 1.807) is 0 Å². The van der Waals surface area contributed by atoms with E-state index in [9.17, 15) is 4.79 Å². The Morgan fingerprint density at radius 2 is 2.14 bits per heavy atom. The Balaban J connectivity index is 2.18. The second kappa shape index (κ2) is 6.61. The number of hydrogen-bond donors (Lipinski definition) is 3. The van der Waals surface area contributed by atoms with Gasteiger partial charge < -0.3 is 16.3 Å². The van der Waals surface area contributed by atoms with Gasteiger partial charge in [0.25, 0.3) is 0 Å². The van der Waals surface area contributed by atoms with E-state index in [4.69, 9.17) is 10.9 Å². The molecule has 2 atom stereocenters. The average Bonchev–Trinajstić information content (AvgIpc) is 2.50. The van der Waals surface area contributed by atoms with Crippen LogP contribution in [0.1, 0.15) is 43.7 Å². The second-order valence-electron chi connectivity index (χ2n) is 5.90. The summed E-state index contributed by atoms with van der Waals surface area (Å²) in [4.78, 5) is 12.6. The molecule has 21 heavy (non-hydrogen) atoms. The van der Waals surface area contributed by atoms with Gasteiger partial charge in [-0.05, 0) is 36.3 Å². The first-order valence-corrected chi connectivity index (χ1v) is 7.40. The number of hydrogen-bond acceptors (Lipinski definition) is 3. The molecule has 0 fully saturated rings. The molecule has 5 heteroatoms. The second-order valence-corrected chi connectivity index (χ2v) is 5.90. The fourth-order valence-electron chi connectivity index (χ4n) is 2.92. The summed E-state index contributed by atoms with van der Waals surface area (Å²) in [5.74, 6) is -0.0960. The molecule has 0 aromatic heterocycles. The van der Waals surface area contributed by atoms with Crippen molar-refractivity contribution in [3.8, 4) is 0 Å². The van der Waals surface area contributed by atoms with Gasteiger partial charge in [0, 0.05) is 0 Å². The van der Waals surface area contributed by atoms with Crippen molar-refractivity contribution < 1.29 is 10.0 Å². The van der Waals surface area contributed by atoms with Crippen LogP contribution in [0.25, 0.3) is 0 Å². The summed E-state index contributed by atoms with van der Waals surface area (Å²) in [5, 5.41) is 14.8. The summed E-state index contributed by atoms with van der Waals surface area (Å²) in [7, 11) is 0. The lowest BCUT2D eigenvalue weighted by Crippen LogP contribution is -2.49. The minimum atomic E-state index is -0.448. The minimum Gasteiger partial charge on any atom is -0.409 e. The summed E-state index contributed by atoms with van der Waals surface area (Å²) in [6, 6.07) is 7.63. The van der Waals surface area contributed by atoms with Crippen LogP contribution < -0.4 is 11.1 Å². The Morgan fingerprint density at radius 1 is 1.43 bits per heavy atom. The van der Waals surface area contributed by atoms with Crippen molar-refractivity contribution in [1.29, 1.82) is 0 Å². The summed E-state index contributed by atoms with van der Waals surface area (Å²) in [6.07, 6.45) is 2.86. The SMILES string of the molecule is CC(C)C(NC(=O)C1CCCc2ccccc21)C(N)=NO. The van der Waals surface area contributed by atoms with E-state index >= 15 is 0 Å². The molecular formula is C16H23N3O2. The molecule has 1 aromatic rings. The quantitative estimate of drug-likeness (QED) is 0.343. The maximum absolute atomic E-state index is 12.6. The van der Waals surface area contributed by atoms with Crippen molar-refractivity contribution in [2.75, 3.05) is 0 Å². The lowest BCUT2D eigenvalue weighted by Gasteiger charge is -2.28. The van der Waals surface area contributed by atoms with Gasteiger partial charge >= 0.3 is 0 Å². The number of nitrogens with two attached hydrogens (primary N) is 1. The third kappa shape index (κ3) is 3.35. The van der Waals surface area contributed by atoms with E-state index in [1.807, 2.05) is 32.0 Å². The van der Waals surface area contributed by atoms with Gasteiger partial charge in [0.2, 0.25) is 5.91 Å². The highest BCUT2D eigenvalue weighted by Crippen LogP contribution is 2.31. The van der Waals surface area contributed by atoms with Crippen molar-refractivity contribution >= 4 is 11.7 Å². The van der Waals surface area contributed by atoms with Gasteiger partial charge in [-0.15, -0.1) is 0 Å². The highest BCUT2D eigenvalue weighted by atomic mass is 16.4. The molecule has 1 aromatic carbocycles. The maximum atomic E-state index is 12.6. The molecule has 1 amide bonds. The number of fused-ring (bicyclic) bond motifs is 1. The third-order valence-corrected chi connectivity index (χ3v) is 4.08. The summed E-state index contributed by atoms with van der Waals surface area (Å²) >= 11 is 0. The van der Waals surface area contributed by atoms with Crippen LogP contribution >= 0.6 is 0 Å². The van der Waals surface area contributed by atoms with Gasteiger partial charge in [0.15, 0.2) is 5.84 Å². The van der Waals surface area contributed by atoms with Gasteiger partial charge in [-0.3, -0.25) is 4.79 Å². The van der Waals surface area contributed by atoms with Gasteiger partial charge in [-0.1, -0.05) is 43.3 Å². The molecule has 0 saturated carbocycles. The van der Waals surface area contributed by atoms with E-state index in [-0.39, 0.29) is 23.6 Å². The first-order chi connectivity index (χ1) is 10.0. The number of oxime groups is 1. The molecule has 4 N–H and O–H groups in total. The van der Waals surface area contributed by atoms with Crippen LogP contribution in [-0.4, -0.2) is 23.0 Å². The molecule has 1 aliphatic rings. The number of amidine groups is 1. The topological polar surface area (TPSA) is 87.7 Å². The number of nitrogens with one attached hydrogen (secondary N) is 1. The van der Waals surface area contributed by atoms with E-state index in [0.717, 1.165) is 24.8 Å².